The van der Waals surface area contributed by atoms with Gasteiger partial charge in [0, 0.05) is 18.7 Å². The minimum Gasteiger partial charge on any atom is -0.396 e. The van der Waals surface area contributed by atoms with Gasteiger partial charge in [-0.15, -0.1) is 0 Å². The van der Waals surface area contributed by atoms with Crippen molar-refractivity contribution in [2.24, 2.45) is 11.8 Å². The van der Waals surface area contributed by atoms with E-state index in [1.54, 1.807) is 18.2 Å². The van der Waals surface area contributed by atoms with Gasteiger partial charge in [-0.3, -0.25) is 0 Å². The van der Waals surface area contributed by atoms with Gasteiger partial charge in [-0.25, -0.2) is 4.39 Å². The van der Waals surface area contributed by atoms with Gasteiger partial charge in [0.05, 0.1) is 6.10 Å². The Morgan fingerprint density at radius 1 is 1.26 bits per heavy atom. The van der Waals surface area contributed by atoms with Crippen molar-refractivity contribution in [1.82, 2.24) is 5.32 Å². The van der Waals surface area contributed by atoms with Crippen LogP contribution in [0.3, 0.4) is 0 Å². The van der Waals surface area contributed by atoms with Crippen molar-refractivity contribution in [3.05, 3.63) is 35.6 Å². The fourth-order valence-electron chi connectivity index (χ4n) is 2.88. The van der Waals surface area contributed by atoms with Crippen molar-refractivity contribution in [3.63, 3.8) is 0 Å². The lowest BCUT2D eigenvalue weighted by Crippen LogP contribution is -2.30. The standard InChI is InChI=1S/C15H22FNO2/c16-14-7-2-1-6-13(14)15(19)9-17-8-11-4-3-5-12(11)10-18/h1-2,6-7,11-12,15,17-19H,3-5,8-10H2. The molecule has 0 heterocycles. The summed E-state index contributed by atoms with van der Waals surface area (Å²) in [4.78, 5) is 0. The van der Waals surface area contributed by atoms with Crippen LogP contribution in [0.5, 0.6) is 0 Å². The third-order valence-corrected chi connectivity index (χ3v) is 4.06. The summed E-state index contributed by atoms with van der Waals surface area (Å²) in [6.07, 6.45) is 2.54. The van der Waals surface area contributed by atoms with Crippen LogP contribution >= 0.6 is 0 Å². The zero-order valence-corrected chi connectivity index (χ0v) is 11.1. The van der Waals surface area contributed by atoms with E-state index in [1.807, 2.05) is 0 Å². The van der Waals surface area contributed by atoms with Gasteiger partial charge in [-0.2, -0.15) is 0 Å². The van der Waals surface area contributed by atoms with Gasteiger partial charge in [0.25, 0.3) is 0 Å². The van der Waals surface area contributed by atoms with Crippen molar-refractivity contribution in [3.8, 4) is 0 Å². The Balaban J connectivity index is 1.78. The van der Waals surface area contributed by atoms with Crippen LogP contribution in [-0.4, -0.2) is 29.9 Å². The largest absolute Gasteiger partial charge is 0.396 e. The second kappa shape index (κ2) is 6.98. The molecule has 1 saturated carbocycles. The van der Waals surface area contributed by atoms with E-state index in [-0.39, 0.29) is 12.4 Å². The predicted octanol–water partition coefficient (Wildman–Crippen LogP) is 1.86. The monoisotopic (exact) mass is 267 g/mol. The third-order valence-electron chi connectivity index (χ3n) is 4.06. The number of aliphatic hydroxyl groups is 2. The second-order valence-electron chi connectivity index (χ2n) is 5.33. The van der Waals surface area contributed by atoms with Gasteiger partial charge in [-0.1, -0.05) is 24.6 Å². The minimum absolute atomic E-state index is 0.238. The quantitative estimate of drug-likeness (QED) is 0.737. The first kappa shape index (κ1) is 14.4. The Morgan fingerprint density at radius 3 is 2.74 bits per heavy atom. The molecule has 0 spiro atoms. The summed E-state index contributed by atoms with van der Waals surface area (Å²) >= 11 is 0. The molecule has 3 N–H and O–H groups in total. The smallest absolute Gasteiger partial charge is 0.129 e. The Kier molecular flexibility index (Phi) is 5.31. The van der Waals surface area contributed by atoms with E-state index in [2.05, 4.69) is 5.32 Å². The molecule has 3 atom stereocenters. The van der Waals surface area contributed by atoms with Gasteiger partial charge < -0.3 is 15.5 Å². The number of hydrogen-bond donors (Lipinski definition) is 3. The summed E-state index contributed by atoms with van der Waals surface area (Å²) in [5.74, 6) is 0.474. The molecule has 1 aliphatic carbocycles. The van der Waals surface area contributed by atoms with E-state index < -0.39 is 6.10 Å². The number of aliphatic hydroxyl groups excluding tert-OH is 2. The topological polar surface area (TPSA) is 52.5 Å². The first-order valence-corrected chi connectivity index (χ1v) is 6.96. The Labute approximate surface area is 113 Å². The molecule has 19 heavy (non-hydrogen) atoms. The van der Waals surface area contributed by atoms with Crippen molar-refractivity contribution in [2.75, 3.05) is 19.7 Å². The lowest BCUT2D eigenvalue weighted by molar-refractivity contribution is 0.159. The van der Waals surface area contributed by atoms with Crippen LogP contribution in [0.15, 0.2) is 24.3 Å². The average Bonchev–Trinajstić information content (AvgIpc) is 2.86. The molecule has 0 radical (unpaired) electrons. The number of rotatable bonds is 6. The summed E-state index contributed by atoms with van der Waals surface area (Å²) in [5, 5.41) is 22.4. The van der Waals surface area contributed by atoms with E-state index in [1.165, 1.54) is 6.07 Å². The van der Waals surface area contributed by atoms with Crippen LogP contribution in [0.1, 0.15) is 30.9 Å². The number of nitrogens with one attached hydrogen (secondary N) is 1. The highest BCUT2D eigenvalue weighted by Crippen LogP contribution is 2.30. The van der Waals surface area contributed by atoms with Gasteiger partial charge in [0.2, 0.25) is 0 Å². The lowest BCUT2D eigenvalue weighted by atomic mass is 9.97. The molecule has 106 valence electrons. The van der Waals surface area contributed by atoms with Crippen molar-refractivity contribution in [1.29, 1.82) is 0 Å². The Hall–Kier alpha value is -0.970. The first-order chi connectivity index (χ1) is 9.22. The minimum atomic E-state index is -0.824. The van der Waals surface area contributed by atoms with Gasteiger partial charge in [-0.05, 0) is 37.3 Å². The van der Waals surface area contributed by atoms with E-state index in [4.69, 9.17) is 0 Å². The van der Waals surface area contributed by atoms with Crippen molar-refractivity contribution < 1.29 is 14.6 Å². The lowest BCUT2D eigenvalue weighted by Gasteiger charge is -2.19. The molecule has 3 unspecified atom stereocenters. The van der Waals surface area contributed by atoms with E-state index in [0.717, 1.165) is 25.8 Å². The highest BCUT2D eigenvalue weighted by atomic mass is 19.1. The van der Waals surface area contributed by atoms with E-state index >= 15 is 0 Å². The molecule has 1 aromatic rings. The van der Waals surface area contributed by atoms with Crippen LogP contribution in [0.4, 0.5) is 4.39 Å². The molecule has 0 aliphatic heterocycles. The molecule has 1 aliphatic rings. The Morgan fingerprint density at radius 2 is 2.00 bits per heavy atom. The molecule has 0 aromatic heterocycles. The maximum atomic E-state index is 13.5. The molecule has 1 fully saturated rings. The molecular formula is C15H22FNO2. The van der Waals surface area contributed by atoms with E-state index in [0.29, 0.717) is 23.9 Å². The summed E-state index contributed by atoms with van der Waals surface area (Å²) in [6, 6.07) is 6.30. The van der Waals surface area contributed by atoms with Gasteiger partial charge >= 0.3 is 0 Å². The fourth-order valence-corrected chi connectivity index (χ4v) is 2.88. The van der Waals surface area contributed by atoms with Crippen LogP contribution in [0, 0.1) is 17.7 Å². The molecule has 1 aromatic carbocycles. The highest BCUT2D eigenvalue weighted by molar-refractivity contribution is 5.19. The molecule has 4 heteroatoms. The van der Waals surface area contributed by atoms with E-state index in [9.17, 15) is 14.6 Å². The van der Waals surface area contributed by atoms with Crippen LogP contribution in [0.2, 0.25) is 0 Å². The molecule has 0 bridgehead atoms. The third kappa shape index (κ3) is 3.75. The summed E-state index contributed by atoms with van der Waals surface area (Å²) in [6.45, 7) is 1.36. The van der Waals surface area contributed by atoms with Gasteiger partial charge in [0.15, 0.2) is 0 Å². The molecule has 2 rings (SSSR count). The maximum Gasteiger partial charge on any atom is 0.129 e. The fraction of sp³-hybridized carbons (Fsp3) is 0.600. The number of hydrogen-bond acceptors (Lipinski definition) is 3. The molecule has 0 saturated heterocycles. The number of halogens is 1. The van der Waals surface area contributed by atoms with Crippen LogP contribution < -0.4 is 5.32 Å². The van der Waals surface area contributed by atoms with Crippen LogP contribution in [0.25, 0.3) is 0 Å². The normalized spacial score (nSPS) is 24.6. The molecule has 0 amide bonds. The highest BCUT2D eigenvalue weighted by Gasteiger charge is 2.26. The zero-order valence-electron chi connectivity index (χ0n) is 11.1. The van der Waals surface area contributed by atoms with Crippen molar-refractivity contribution in [2.45, 2.75) is 25.4 Å². The molecule has 3 nitrogen and oxygen atoms in total. The summed E-state index contributed by atoms with van der Waals surface area (Å²) in [5.41, 5.74) is 0.333. The van der Waals surface area contributed by atoms with Gasteiger partial charge in [0.1, 0.15) is 5.82 Å². The van der Waals surface area contributed by atoms with Crippen molar-refractivity contribution >= 4 is 0 Å². The first-order valence-electron chi connectivity index (χ1n) is 6.96. The summed E-state index contributed by atoms with van der Waals surface area (Å²) < 4.78 is 13.5. The second-order valence-corrected chi connectivity index (χ2v) is 5.33. The molecular weight excluding hydrogens is 245 g/mol. The zero-order chi connectivity index (χ0) is 13.7. The average molecular weight is 267 g/mol. The predicted molar refractivity (Wildman–Crippen MR) is 72.1 cm³/mol. The SMILES string of the molecule is OCC1CCCC1CNCC(O)c1ccccc1F. The van der Waals surface area contributed by atoms with Crippen LogP contribution in [-0.2, 0) is 0 Å². The Bertz CT molecular complexity index is 399. The number of benzene rings is 1. The summed E-state index contributed by atoms with van der Waals surface area (Å²) in [7, 11) is 0. The maximum absolute atomic E-state index is 13.5.